The predicted molar refractivity (Wildman–Crippen MR) is 54.2 cm³/mol. The summed E-state index contributed by atoms with van der Waals surface area (Å²) >= 11 is 0. The van der Waals surface area contributed by atoms with Gasteiger partial charge in [-0.2, -0.15) is 0 Å². The molecule has 0 aliphatic carbocycles. The quantitative estimate of drug-likeness (QED) is 0.770. The third-order valence-corrected chi connectivity index (χ3v) is 2.37. The molecule has 1 aromatic heterocycles. The van der Waals surface area contributed by atoms with E-state index >= 15 is 0 Å². The van der Waals surface area contributed by atoms with Crippen LogP contribution >= 0.6 is 0 Å². The summed E-state index contributed by atoms with van der Waals surface area (Å²) in [6.07, 6.45) is 5.79. The van der Waals surface area contributed by atoms with Crippen LogP contribution in [0, 0.1) is 6.92 Å². The number of nitrogens with zero attached hydrogens (tertiary/aromatic N) is 2. The molecule has 2 rings (SSSR count). The minimum Gasteiger partial charge on any atom is -0.381 e. The van der Waals surface area contributed by atoms with Crippen LogP contribution in [0.25, 0.3) is 0 Å². The molecule has 76 valence electrons. The zero-order valence-electron chi connectivity index (χ0n) is 8.36. The van der Waals surface area contributed by atoms with Gasteiger partial charge in [-0.25, -0.2) is 9.97 Å². The number of anilines is 1. The molecule has 0 aromatic carbocycles. The van der Waals surface area contributed by atoms with Crippen molar-refractivity contribution in [2.75, 3.05) is 18.5 Å². The van der Waals surface area contributed by atoms with E-state index in [2.05, 4.69) is 15.3 Å². The average Bonchev–Trinajstić information content (AvgIpc) is 2.23. The van der Waals surface area contributed by atoms with E-state index in [0.717, 1.165) is 37.6 Å². The molecule has 4 heteroatoms. The number of aryl methyl sites for hydroxylation is 1. The van der Waals surface area contributed by atoms with E-state index in [4.69, 9.17) is 4.74 Å². The topological polar surface area (TPSA) is 47.0 Å². The Morgan fingerprint density at radius 1 is 1.29 bits per heavy atom. The summed E-state index contributed by atoms with van der Waals surface area (Å²) < 4.78 is 5.29. The van der Waals surface area contributed by atoms with Gasteiger partial charge in [-0.3, -0.25) is 0 Å². The lowest BCUT2D eigenvalue weighted by molar-refractivity contribution is 0.0904. The first kappa shape index (κ1) is 9.40. The molecule has 0 atom stereocenters. The Morgan fingerprint density at radius 3 is 2.57 bits per heavy atom. The number of rotatable bonds is 2. The Balaban J connectivity index is 1.92. The Labute approximate surface area is 83.7 Å². The number of hydrogen-bond acceptors (Lipinski definition) is 4. The normalized spacial score (nSPS) is 18.1. The van der Waals surface area contributed by atoms with Crippen LogP contribution < -0.4 is 5.32 Å². The summed E-state index contributed by atoms with van der Waals surface area (Å²) in [6, 6.07) is 0.509. The smallest absolute Gasteiger partial charge is 0.125 e. The minimum atomic E-state index is 0.509. The van der Waals surface area contributed by atoms with E-state index in [1.165, 1.54) is 0 Å². The maximum absolute atomic E-state index is 5.29. The second kappa shape index (κ2) is 4.37. The van der Waals surface area contributed by atoms with Gasteiger partial charge in [0.25, 0.3) is 0 Å². The van der Waals surface area contributed by atoms with Crippen LogP contribution in [0.2, 0.25) is 0 Å². The lowest BCUT2D eigenvalue weighted by Crippen LogP contribution is -2.27. The molecule has 1 aliphatic heterocycles. The van der Waals surface area contributed by atoms with E-state index in [1.807, 2.05) is 19.3 Å². The SMILES string of the molecule is Cc1ncc(NC2CCOCC2)cn1. The van der Waals surface area contributed by atoms with Crippen LogP contribution in [0.15, 0.2) is 12.4 Å². The summed E-state index contributed by atoms with van der Waals surface area (Å²) in [5.41, 5.74) is 1.00. The fourth-order valence-corrected chi connectivity index (χ4v) is 1.54. The number of aromatic nitrogens is 2. The zero-order chi connectivity index (χ0) is 9.80. The van der Waals surface area contributed by atoms with Crippen LogP contribution in [0.1, 0.15) is 18.7 Å². The Morgan fingerprint density at radius 2 is 1.93 bits per heavy atom. The summed E-state index contributed by atoms with van der Waals surface area (Å²) in [5.74, 6) is 0.808. The molecule has 2 heterocycles. The van der Waals surface area contributed by atoms with E-state index in [-0.39, 0.29) is 0 Å². The van der Waals surface area contributed by atoms with Gasteiger partial charge in [0.15, 0.2) is 0 Å². The van der Waals surface area contributed by atoms with Gasteiger partial charge >= 0.3 is 0 Å². The highest BCUT2D eigenvalue weighted by atomic mass is 16.5. The maximum atomic E-state index is 5.29. The molecular weight excluding hydrogens is 178 g/mol. The van der Waals surface area contributed by atoms with Crippen molar-refractivity contribution in [2.24, 2.45) is 0 Å². The first-order chi connectivity index (χ1) is 6.84. The standard InChI is InChI=1S/C10H15N3O/c1-8-11-6-10(7-12-8)13-9-2-4-14-5-3-9/h6-7,9,13H,2-5H2,1H3. The molecule has 14 heavy (non-hydrogen) atoms. The van der Waals surface area contributed by atoms with Crippen LogP contribution in [0.3, 0.4) is 0 Å². The van der Waals surface area contributed by atoms with Gasteiger partial charge < -0.3 is 10.1 Å². The van der Waals surface area contributed by atoms with Crippen LogP contribution in [-0.4, -0.2) is 29.2 Å². The molecule has 1 saturated heterocycles. The second-order valence-corrected chi connectivity index (χ2v) is 3.55. The van der Waals surface area contributed by atoms with Crippen molar-refractivity contribution in [2.45, 2.75) is 25.8 Å². The molecule has 0 amide bonds. The monoisotopic (exact) mass is 193 g/mol. The minimum absolute atomic E-state index is 0.509. The van der Waals surface area contributed by atoms with E-state index < -0.39 is 0 Å². The van der Waals surface area contributed by atoms with Gasteiger partial charge in [0.1, 0.15) is 5.82 Å². The first-order valence-corrected chi connectivity index (χ1v) is 4.97. The van der Waals surface area contributed by atoms with Gasteiger partial charge in [0.05, 0.1) is 18.1 Å². The van der Waals surface area contributed by atoms with Gasteiger partial charge in [-0.1, -0.05) is 0 Å². The summed E-state index contributed by atoms with van der Waals surface area (Å²) in [6.45, 7) is 3.59. The molecule has 1 fully saturated rings. The highest BCUT2D eigenvalue weighted by Crippen LogP contribution is 2.13. The first-order valence-electron chi connectivity index (χ1n) is 4.97. The molecule has 4 nitrogen and oxygen atoms in total. The van der Waals surface area contributed by atoms with Crippen molar-refractivity contribution in [1.29, 1.82) is 0 Å². The molecule has 1 aromatic rings. The third-order valence-electron chi connectivity index (χ3n) is 2.37. The molecule has 0 spiro atoms. The summed E-state index contributed by atoms with van der Waals surface area (Å²) in [5, 5.41) is 3.40. The molecule has 0 radical (unpaired) electrons. The van der Waals surface area contributed by atoms with Crippen molar-refractivity contribution in [3.8, 4) is 0 Å². The van der Waals surface area contributed by atoms with E-state index in [1.54, 1.807) is 0 Å². The predicted octanol–water partition coefficient (Wildman–Crippen LogP) is 1.38. The van der Waals surface area contributed by atoms with Gasteiger partial charge in [-0.05, 0) is 19.8 Å². The van der Waals surface area contributed by atoms with Crippen LogP contribution in [-0.2, 0) is 4.74 Å². The van der Waals surface area contributed by atoms with Gasteiger partial charge in [0.2, 0.25) is 0 Å². The van der Waals surface area contributed by atoms with E-state index in [9.17, 15) is 0 Å². The Bertz CT molecular complexity index is 280. The average molecular weight is 193 g/mol. The van der Waals surface area contributed by atoms with Crippen molar-refractivity contribution < 1.29 is 4.74 Å². The molecule has 1 aliphatic rings. The number of nitrogens with one attached hydrogen (secondary N) is 1. The number of hydrogen-bond donors (Lipinski definition) is 1. The van der Waals surface area contributed by atoms with Gasteiger partial charge in [-0.15, -0.1) is 0 Å². The zero-order valence-corrected chi connectivity index (χ0v) is 8.36. The van der Waals surface area contributed by atoms with Gasteiger partial charge in [0, 0.05) is 19.3 Å². The molecule has 0 unspecified atom stereocenters. The molecule has 1 N–H and O–H groups in total. The largest absolute Gasteiger partial charge is 0.381 e. The highest BCUT2D eigenvalue weighted by molar-refractivity contribution is 5.38. The Hall–Kier alpha value is -1.16. The van der Waals surface area contributed by atoms with Crippen LogP contribution in [0.4, 0.5) is 5.69 Å². The van der Waals surface area contributed by atoms with Crippen molar-refractivity contribution in [3.63, 3.8) is 0 Å². The maximum Gasteiger partial charge on any atom is 0.125 e. The van der Waals surface area contributed by atoms with E-state index in [0.29, 0.717) is 6.04 Å². The highest BCUT2D eigenvalue weighted by Gasteiger charge is 2.13. The lowest BCUT2D eigenvalue weighted by Gasteiger charge is -2.23. The fourth-order valence-electron chi connectivity index (χ4n) is 1.54. The van der Waals surface area contributed by atoms with Crippen molar-refractivity contribution >= 4 is 5.69 Å². The third kappa shape index (κ3) is 2.42. The molecular formula is C10H15N3O. The number of ether oxygens (including phenoxy) is 1. The van der Waals surface area contributed by atoms with Crippen molar-refractivity contribution in [3.05, 3.63) is 18.2 Å². The lowest BCUT2D eigenvalue weighted by atomic mass is 10.1. The van der Waals surface area contributed by atoms with Crippen LogP contribution in [0.5, 0.6) is 0 Å². The Kier molecular flexibility index (Phi) is 2.93. The molecule has 0 saturated carbocycles. The summed E-state index contributed by atoms with van der Waals surface area (Å²) in [7, 11) is 0. The fraction of sp³-hybridized carbons (Fsp3) is 0.600. The molecule has 0 bridgehead atoms. The summed E-state index contributed by atoms with van der Waals surface area (Å²) in [4.78, 5) is 8.28. The second-order valence-electron chi connectivity index (χ2n) is 3.55. The van der Waals surface area contributed by atoms with Crippen molar-refractivity contribution in [1.82, 2.24) is 9.97 Å².